The van der Waals surface area contributed by atoms with Crippen LogP contribution in [-0.4, -0.2) is 65.7 Å². The third-order valence-corrected chi connectivity index (χ3v) is 5.95. The van der Waals surface area contributed by atoms with Gasteiger partial charge in [0, 0.05) is 52.1 Å². The second kappa shape index (κ2) is 6.89. The number of likely N-dealkylation sites (tertiary alicyclic amines) is 2. The van der Waals surface area contributed by atoms with E-state index in [1.165, 1.54) is 6.42 Å². The molecule has 1 spiro atoms. The summed E-state index contributed by atoms with van der Waals surface area (Å²) in [6.07, 6.45) is 5.34. The van der Waals surface area contributed by atoms with Gasteiger partial charge < -0.3 is 14.2 Å². The van der Waals surface area contributed by atoms with E-state index < -0.39 is 0 Å². The van der Waals surface area contributed by atoms with Gasteiger partial charge in [-0.15, -0.1) is 0 Å². The van der Waals surface area contributed by atoms with Crippen LogP contribution in [0.5, 0.6) is 0 Å². The maximum Gasteiger partial charge on any atom is 0.270 e. The van der Waals surface area contributed by atoms with E-state index in [4.69, 9.17) is 4.74 Å². The van der Waals surface area contributed by atoms with Gasteiger partial charge in [-0.1, -0.05) is 0 Å². The van der Waals surface area contributed by atoms with Gasteiger partial charge in [0.1, 0.15) is 5.69 Å². The molecule has 5 nitrogen and oxygen atoms in total. The predicted molar refractivity (Wildman–Crippen MR) is 95.1 cm³/mol. The molecule has 5 heteroatoms. The lowest BCUT2D eigenvalue weighted by atomic mass is 9.76. The molecule has 0 radical (unpaired) electrons. The molecule has 3 heterocycles. The van der Waals surface area contributed by atoms with Crippen LogP contribution in [0, 0.1) is 5.41 Å². The summed E-state index contributed by atoms with van der Waals surface area (Å²) >= 11 is 0. The Bertz CT molecular complexity index is 573. The zero-order chi connectivity index (χ0) is 17.3. The van der Waals surface area contributed by atoms with Crippen molar-refractivity contribution in [2.45, 2.75) is 45.2 Å². The average molecular weight is 333 g/mol. The maximum atomic E-state index is 12.7. The SMILES string of the molecule is COCC1CC2(CCN(C(=O)c3cccn3C)CC2)CN1C(C)C. The van der Waals surface area contributed by atoms with Crippen molar-refractivity contribution in [3.63, 3.8) is 0 Å². The van der Waals surface area contributed by atoms with Crippen LogP contribution in [0.25, 0.3) is 0 Å². The van der Waals surface area contributed by atoms with Crippen LogP contribution in [0.4, 0.5) is 0 Å². The Morgan fingerprint density at radius 3 is 2.62 bits per heavy atom. The Hall–Kier alpha value is -1.33. The van der Waals surface area contributed by atoms with E-state index in [1.54, 1.807) is 7.11 Å². The van der Waals surface area contributed by atoms with E-state index in [1.807, 2.05) is 34.8 Å². The van der Waals surface area contributed by atoms with E-state index in [0.717, 1.165) is 44.8 Å². The van der Waals surface area contributed by atoms with E-state index in [0.29, 0.717) is 17.5 Å². The molecule has 3 rings (SSSR count). The smallest absolute Gasteiger partial charge is 0.270 e. The second-order valence-corrected chi connectivity index (χ2v) is 7.88. The van der Waals surface area contributed by atoms with E-state index in [2.05, 4.69) is 18.7 Å². The highest BCUT2D eigenvalue weighted by Crippen LogP contribution is 2.44. The topological polar surface area (TPSA) is 37.7 Å². The number of piperidine rings is 1. The van der Waals surface area contributed by atoms with Crippen LogP contribution in [0.3, 0.4) is 0 Å². The molecule has 0 aromatic carbocycles. The molecule has 2 aliphatic heterocycles. The molecule has 2 aliphatic rings. The first kappa shape index (κ1) is 17.5. The van der Waals surface area contributed by atoms with Crippen molar-refractivity contribution in [2.75, 3.05) is 33.4 Å². The second-order valence-electron chi connectivity index (χ2n) is 7.88. The molecule has 1 atom stereocenters. The number of rotatable bonds is 4. The fraction of sp³-hybridized carbons (Fsp3) is 0.737. The van der Waals surface area contributed by atoms with Crippen LogP contribution in [-0.2, 0) is 11.8 Å². The van der Waals surface area contributed by atoms with Crippen LogP contribution < -0.4 is 0 Å². The summed E-state index contributed by atoms with van der Waals surface area (Å²) in [6.45, 7) is 8.24. The first-order chi connectivity index (χ1) is 11.5. The Balaban J connectivity index is 1.64. The summed E-state index contributed by atoms with van der Waals surface area (Å²) in [5, 5.41) is 0. The van der Waals surface area contributed by atoms with Crippen molar-refractivity contribution in [3.8, 4) is 0 Å². The highest BCUT2D eigenvalue weighted by Gasteiger charge is 2.46. The van der Waals surface area contributed by atoms with Gasteiger partial charge in [0.15, 0.2) is 0 Å². The molecule has 24 heavy (non-hydrogen) atoms. The number of ether oxygens (including phenoxy) is 1. The summed E-state index contributed by atoms with van der Waals surface area (Å²) in [4.78, 5) is 17.3. The number of carbonyl (C=O) groups excluding carboxylic acids is 1. The molecular formula is C19H31N3O2. The van der Waals surface area contributed by atoms with Crippen molar-refractivity contribution in [1.29, 1.82) is 0 Å². The number of methoxy groups -OCH3 is 1. The minimum absolute atomic E-state index is 0.171. The van der Waals surface area contributed by atoms with Gasteiger partial charge in [0.2, 0.25) is 0 Å². The van der Waals surface area contributed by atoms with E-state index >= 15 is 0 Å². The number of aromatic nitrogens is 1. The molecule has 0 N–H and O–H groups in total. The fourth-order valence-corrected chi connectivity index (χ4v) is 4.54. The molecule has 2 saturated heterocycles. The monoisotopic (exact) mass is 333 g/mol. The fourth-order valence-electron chi connectivity index (χ4n) is 4.54. The van der Waals surface area contributed by atoms with Crippen molar-refractivity contribution >= 4 is 5.91 Å². The predicted octanol–water partition coefficient (Wildman–Crippen LogP) is 2.38. The van der Waals surface area contributed by atoms with E-state index in [9.17, 15) is 4.79 Å². The minimum atomic E-state index is 0.171. The number of nitrogens with zero attached hydrogens (tertiary/aromatic N) is 3. The molecule has 0 bridgehead atoms. The summed E-state index contributed by atoms with van der Waals surface area (Å²) in [7, 11) is 3.73. The van der Waals surface area contributed by atoms with Gasteiger partial charge in [0.25, 0.3) is 5.91 Å². The Morgan fingerprint density at radius 2 is 2.08 bits per heavy atom. The van der Waals surface area contributed by atoms with Crippen LogP contribution >= 0.6 is 0 Å². The summed E-state index contributed by atoms with van der Waals surface area (Å²) < 4.78 is 7.37. The third-order valence-electron chi connectivity index (χ3n) is 5.95. The van der Waals surface area contributed by atoms with Crippen molar-refractivity contribution in [3.05, 3.63) is 24.0 Å². The molecular weight excluding hydrogens is 302 g/mol. The standard InChI is InChI=1S/C19H31N3O2/c1-15(2)22-14-19(12-16(22)13-24-4)7-10-21(11-8-19)18(23)17-6-5-9-20(17)3/h5-6,9,15-16H,7-8,10-14H2,1-4H3. The molecule has 2 fully saturated rings. The Labute approximate surface area is 145 Å². The van der Waals surface area contributed by atoms with Gasteiger partial charge in [-0.05, 0) is 50.7 Å². The zero-order valence-electron chi connectivity index (χ0n) is 15.5. The van der Waals surface area contributed by atoms with Crippen LogP contribution in [0.15, 0.2) is 18.3 Å². The van der Waals surface area contributed by atoms with Gasteiger partial charge in [-0.25, -0.2) is 0 Å². The normalized spacial score (nSPS) is 24.2. The molecule has 1 unspecified atom stereocenters. The number of hydrogen-bond acceptors (Lipinski definition) is 3. The van der Waals surface area contributed by atoms with E-state index in [-0.39, 0.29) is 5.91 Å². The van der Waals surface area contributed by atoms with Crippen LogP contribution in [0.1, 0.15) is 43.6 Å². The number of hydrogen-bond donors (Lipinski definition) is 0. The third kappa shape index (κ3) is 3.24. The Morgan fingerprint density at radius 1 is 1.38 bits per heavy atom. The summed E-state index contributed by atoms with van der Waals surface area (Å²) in [5.74, 6) is 0.171. The summed E-state index contributed by atoms with van der Waals surface area (Å²) in [5.41, 5.74) is 1.15. The van der Waals surface area contributed by atoms with Gasteiger partial charge >= 0.3 is 0 Å². The first-order valence-electron chi connectivity index (χ1n) is 9.11. The first-order valence-corrected chi connectivity index (χ1v) is 9.11. The maximum absolute atomic E-state index is 12.7. The molecule has 0 saturated carbocycles. The molecule has 1 aromatic rings. The van der Waals surface area contributed by atoms with Crippen molar-refractivity contribution in [2.24, 2.45) is 12.5 Å². The molecule has 1 aromatic heterocycles. The van der Waals surface area contributed by atoms with Crippen molar-refractivity contribution in [1.82, 2.24) is 14.4 Å². The lowest BCUT2D eigenvalue weighted by molar-refractivity contribution is 0.0573. The average Bonchev–Trinajstić information content (AvgIpc) is 3.12. The lowest BCUT2D eigenvalue weighted by Crippen LogP contribution is -2.45. The van der Waals surface area contributed by atoms with Gasteiger partial charge in [0.05, 0.1) is 6.61 Å². The lowest BCUT2D eigenvalue weighted by Gasteiger charge is -2.39. The summed E-state index contributed by atoms with van der Waals surface area (Å²) in [6, 6.07) is 4.92. The zero-order valence-corrected chi connectivity index (χ0v) is 15.5. The number of aryl methyl sites for hydroxylation is 1. The molecule has 1 amide bonds. The van der Waals surface area contributed by atoms with Gasteiger partial charge in [-0.3, -0.25) is 9.69 Å². The Kier molecular flexibility index (Phi) is 5.02. The van der Waals surface area contributed by atoms with Gasteiger partial charge in [-0.2, -0.15) is 0 Å². The number of amides is 1. The molecule has 0 aliphatic carbocycles. The highest BCUT2D eigenvalue weighted by molar-refractivity contribution is 5.92. The number of carbonyl (C=O) groups is 1. The molecule has 134 valence electrons. The highest BCUT2D eigenvalue weighted by atomic mass is 16.5. The largest absolute Gasteiger partial charge is 0.383 e. The van der Waals surface area contributed by atoms with Crippen LogP contribution in [0.2, 0.25) is 0 Å². The van der Waals surface area contributed by atoms with Crippen molar-refractivity contribution < 1.29 is 9.53 Å². The quantitative estimate of drug-likeness (QED) is 0.849. The minimum Gasteiger partial charge on any atom is -0.383 e.